The van der Waals surface area contributed by atoms with Gasteiger partial charge in [0.2, 0.25) is 0 Å². The summed E-state index contributed by atoms with van der Waals surface area (Å²) in [4.78, 5) is 0. The van der Waals surface area contributed by atoms with Crippen LogP contribution in [0.5, 0.6) is 0 Å². The Hall–Kier alpha value is 1.76. The summed E-state index contributed by atoms with van der Waals surface area (Å²) in [7, 11) is 1.31. The van der Waals surface area contributed by atoms with E-state index >= 15 is 0 Å². The van der Waals surface area contributed by atoms with Crippen molar-refractivity contribution in [2.75, 3.05) is 0 Å². The molecule has 0 rings (SSSR count). The van der Waals surface area contributed by atoms with Gasteiger partial charge in [-0.15, -0.1) is 0 Å². The van der Waals surface area contributed by atoms with Gasteiger partial charge >= 0.3 is 0 Å². The molecule has 0 aliphatic rings. The zero-order chi connectivity index (χ0) is 2.00. The van der Waals surface area contributed by atoms with Gasteiger partial charge in [-0.25, -0.2) is 0 Å². The molecule has 0 aromatic carbocycles. The molecule has 0 saturated carbocycles. The zero-order valence-corrected chi connectivity index (χ0v) is 8.55. The average Bonchev–Trinajstić information content (AvgIpc) is 1.00. The van der Waals surface area contributed by atoms with Crippen molar-refractivity contribution in [3.05, 3.63) is 0 Å². The predicted octanol–water partition coefficient (Wildman–Crippen LogP) is -0.608. The first-order valence-corrected chi connectivity index (χ1v) is 3.00. The van der Waals surface area contributed by atoms with Crippen LogP contribution in [0.1, 0.15) is 0 Å². The molecule has 0 aliphatic carbocycles. The summed E-state index contributed by atoms with van der Waals surface area (Å²) in [6.45, 7) is 2.14. The quantitative estimate of drug-likeness (QED) is 0.470. The van der Waals surface area contributed by atoms with Crippen LogP contribution in [0.4, 0.5) is 0 Å². The van der Waals surface area contributed by atoms with Gasteiger partial charge in [0, 0.05) is 50.9 Å². The molecule has 0 spiro atoms. The van der Waals surface area contributed by atoms with Crippen molar-refractivity contribution in [2.24, 2.45) is 0 Å². The summed E-state index contributed by atoms with van der Waals surface area (Å²) in [5.41, 5.74) is 0. The molecule has 1 radical (unpaired) electrons. The molecular weight excluding hydrogens is 206 g/mol. The number of rotatable bonds is 0. The van der Waals surface area contributed by atoms with Crippen molar-refractivity contribution < 1.29 is 50.9 Å². The normalized spacial score (nSPS) is 1.80. The first-order chi connectivity index (χ1) is 1.00. The van der Waals surface area contributed by atoms with E-state index in [1.54, 1.807) is 0 Å². The van der Waals surface area contributed by atoms with E-state index in [4.69, 9.17) is 0 Å². The van der Waals surface area contributed by atoms with Crippen molar-refractivity contribution in [1.29, 1.82) is 0 Å². The molecule has 0 bridgehead atoms. The molecule has 0 unspecified atom stereocenters. The minimum atomic E-state index is 0. The van der Waals surface area contributed by atoms with E-state index in [0.29, 0.717) is 0 Å². The summed E-state index contributed by atoms with van der Waals surface area (Å²) >= 11 is 0. The second-order valence-electron chi connectivity index (χ2n) is 0. The fourth-order valence-electron chi connectivity index (χ4n) is 0. The van der Waals surface area contributed by atoms with Crippen LogP contribution in [0.3, 0.4) is 0 Å². The van der Waals surface area contributed by atoms with Crippen molar-refractivity contribution in [2.45, 2.75) is 6.55 Å². The third-order valence-electron chi connectivity index (χ3n) is 0. The van der Waals surface area contributed by atoms with Gasteiger partial charge < -0.3 is 0 Å². The Bertz CT molecular complexity index is 11.6. The topological polar surface area (TPSA) is 0 Å². The van der Waals surface area contributed by atoms with Crippen LogP contribution in [0.2, 0.25) is 6.55 Å². The van der Waals surface area contributed by atoms with E-state index in [0.717, 1.165) is 0 Å². The van der Waals surface area contributed by atoms with Crippen LogP contribution in [-0.4, -0.2) is 10.2 Å². The molecule has 0 aromatic rings. The second-order valence-corrected chi connectivity index (χ2v) is 0. The molecule has 37 valence electrons. The van der Waals surface area contributed by atoms with Gasteiger partial charge in [0.05, 0.1) is 0 Å². The van der Waals surface area contributed by atoms with Crippen LogP contribution in [0, 0.1) is 0 Å². The Morgan fingerprint density at radius 2 is 1.20 bits per heavy atom. The van der Waals surface area contributed by atoms with Gasteiger partial charge in [-0.1, -0.05) is 6.55 Å². The Kier molecular flexibility index (Phi) is 248. The Morgan fingerprint density at radius 1 is 1.20 bits per heavy atom. The fourth-order valence-corrected chi connectivity index (χ4v) is 0. The zero-order valence-electron chi connectivity index (χ0n) is 3.10. The van der Waals surface area contributed by atoms with Crippen LogP contribution < -0.4 is 0 Å². The van der Waals surface area contributed by atoms with E-state index < -0.39 is 0 Å². The summed E-state index contributed by atoms with van der Waals surface area (Å²) < 4.78 is 0. The Balaban J connectivity index is -0.00000000167. The maximum Gasteiger partial charge on any atom is 0 e. The van der Waals surface area contributed by atoms with E-state index in [1.807, 2.05) is 0 Å². The summed E-state index contributed by atoms with van der Waals surface area (Å²) in [5.74, 6) is 0. The van der Waals surface area contributed by atoms with E-state index in [9.17, 15) is 0 Å². The molecule has 0 heterocycles. The van der Waals surface area contributed by atoms with Gasteiger partial charge in [0.1, 0.15) is 0 Å². The van der Waals surface area contributed by atoms with Gasteiger partial charge in [-0.2, -0.15) is 0 Å². The molecule has 0 nitrogen and oxygen atoms in total. The molecule has 0 amide bonds. The molecule has 0 saturated heterocycles. The summed E-state index contributed by atoms with van der Waals surface area (Å²) in [6, 6.07) is 0. The first-order valence-electron chi connectivity index (χ1n) is 1.00. The van der Waals surface area contributed by atoms with E-state index in [-0.39, 0.29) is 50.9 Å². The fraction of sp³-hybridized carbons (Fsp3) is 1.00. The smallest absolute Gasteiger partial charge is 0 e. The average molecular weight is 212 g/mol. The van der Waals surface area contributed by atoms with Gasteiger partial charge in [-0.3, -0.25) is 0 Å². The number of hydrogen-bond acceptors (Lipinski definition) is 0. The largest absolute Gasteiger partial charge is 0.0777 e. The van der Waals surface area contributed by atoms with Gasteiger partial charge in [0.25, 0.3) is 0 Å². The molecule has 0 aromatic heterocycles. The monoisotopic (exact) mass is 211 g/mol. The number of hydrogen-bond donors (Lipinski definition) is 0. The van der Waals surface area contributed by atoms with Gasteiger partial charge in [-0.05, 0) is 10.2 Å². The van der Waals surface area contributed by atoms with E-state index in [2.05, 4.69) is 6.55 Å². The first kappa shape index (κ1) is 29.4. The minimum Gasteiger partial charge on any atom is -0.0777 e. The van der Waals surface area contributed by atoms with Crippen molar-refractivity contribution in [3.63, 3.8) is 0 Å². The van der Waals surface area contributed by atoms with Crippen molar-refractivity contribution in [3.8, 4) is 0 Å². The Morgan fingerprint density at radius 3 is 1.20 bits per heavy atom. The van der Waals surface area contributed by atoms with E-state index in [1.165, 1.54) is 10.2 Å². The minimum absolute atomic E-state index is 0. The maximum atomic E-state index is 2.14. The SMILES string of the molecule is C[SiH3].[Cr].[Mn].[Ni]. The molecule has 5 heavy (non-hydrogen) atoms. The molecule has 0 fully saturated rings. The van der Waals surface area contributed by atoms with Crippen molar-refractivity contribution in [1.82, 2.24) is 0 Å². The molecular formula is CH6CrMnNiSi. The van der Waals surface area contributed by atoms with Crippen LogP contribution in [0.15, 0.2) is 0 Å². The standard InChI is InChI=1S/CH6Si.Cr.Mn.Ni/c1-2;;;/h1-2H3;;;. The molecule has 0 aliphatic heterocycles. The molecule has 4 heteroatoms. The van der Waals surface area contributed by atoms with Crippen LogP contribution in [-0.2, 0) is 50.9 Å². The van der Waals surface area contributed by atoms with Gasteiger partial charge in [0.15, 0.2) is 0 Å². The maximum absolute atomic E-state index is 2.14. The summed E-state index contributed by atoms with van der Waals surface area (Å²) in [5, 5.41) is 0. The third kappa shape index (κ3) is 26.3. The Labute approximate surface area is 67.4 Å². The predicted molar refractivity (Wildman–Crippen MR) is 15.8 cm³/mol. The summed E-state index contributed by atoms with van der Waals surface area (Å²) in [6.07, 6.45) is 0. The van der Waals surface area contributed by atoms with Crippen molar-refractivity contribution >= 4 is 10.2 Å². The molecule has 0 atom stereocenters. The molecule has 0 N–H and O–H groups in total. The van der Waals surface area contributed by atoms with Crippen LogP contribution in [0.25, 0.3) is 0 Å². The van der Waals surface area contributed by atoms with Crippen LogP contribution >= 0.6 is 0 Å². The third-order valence-corrected chi connectivity index (χ3v) is 0. The second kappa shape index (κ2) is 42.1.